The maximum atomic E-state index is 13.5. The molecule has 3 atom stereocenters. The molecule has 0 radical (unpaired) electrons. The Balaban J connectivity index is 2.30. The van der Waals surface area contributed by atoms with E-state index < -0.39 is 23.7 Å². The third-order valence-electron chi connectivity index (χ3n) is 6.89. The van der Waals surface area contributed by atoms with Crippen LogP contribution in [0.25, 0.3) is 0 Å². The molecule has 41 heavy (non-hydrogen) atoms. The van der Waals surface area contributed by atoms with E-state index in [4.69, 9.17) is 4.74 Å². The van der Waals surface area contributed by atoms with Crippen LogP contribution >= 0.6 is 0 Å². The van der Waals surface area contributed by atoms with Crippen LogP contribution in [0.1, 0.15) is 86.1 Å². The van der Waals surface area contributed by atoms with Gasteiger partial charge in [0.25, 0.3) is 0 Å². The first kappa shape index (κ1) is 34.4. The molecule has 2 bridgehead atoms. The van der Waals surface area contributed by atoms with Gasteiger partial charge in [0.05, 0.1) is 18.8 Å². The predicted molar refractivity (Wildman–Crippen MR) is 161 cm³/mol. The summed E-state index contributed by atoms with van der Waals surface area (Å²) in [6.07, 6.45) is 2.90. The Kier molecular flexibility index (Phi) is 13.9. The van der Waals surface area contributed by atoms with Crippen molar-refractivity contribution in [1.82, 2.24) is 26.4 Å². The molecule has 0 aromatic heterocycles. The Morgan fingerprint density at radius 3 is 2.37 bits per heavy atom. The number of nitrogens with zero attached hydrogens (tertiary/aromatic N) is 1. The minimum absolute atomic E-state index is 0.106. The highest BCUT2D eigenvalue weighted by Gasteiger charge is 2.30. The number of urea groups is 1. The zero-order valence-corrected chi connectivity index (χ0v) is 26.1. The third kappa shape index (κ3) is 13.6. The third-order valence-corrected chi connectivity index (χ3v) is 6.89. The summed E-state index contributed by atoms with van der Waals surface area (Å²) in [5.41, 5.74) is 3.38. The second-order valence-electron chi connectivity index (χ2n) is 12.9. The van der Waals surface area contributed by atoms with Gasteiger partial charge in [0.1, 0.15) is 11.8 Å². The molecule has 0 saturated carbocycles. The Morgan fingerprint density at radius 2 is 1.76 bits per heavy atom. The molecule has 4 amide bonds. The Labute approximate surface area is 246 Å². The molecule has 0 unspecified atom stereocenters. The topological polar surface area (TPSA) is 132 Å². The molecular weight excluding hydrogens is 522 g/mol. The summed E-state index contributed by atoms with van der Waals surface area (Å²) in [7, 11) is 0. The number of hydrazine groups is 1. The number of ether oxygens (including phenoxy) is 1. The van der Waals surface area contributed by atoms with E-state index in [1.807, 2.05) is 58.9 Å². The van der Waals surface area contributed by atoms with Gasteiger partial charge in [-0.2, -0.15) is 0 Å². The molecule has 232 valence electrons. The van der Waals surface area contributed by atoms with Crippen LogP contribution in [0.3, 0.4) is 0 Å². The van der Waals surface area contributed by atoms with E-state index in [9.17, 15) is 19.5 Å². The lowest BCUT2D eigenvalue weighted by molar-refractivity contribution is -0.131. The monoisotopic (exact) mass is 575 g/mol. The summed E-state index contributed by atoms with van der Waals surface area (Å²) < 4.78 is 5.85. The van der Waals surface area contributed by atoms with E-state index in [0.717, 1.165) is 30.6 Å². The lowest BCUT2D eigenvalue weighted by Crippen LogP contribution is -2.59. The maximum absolute atomic E-state index is 13.5. The number of aliphatic hydroxyl groups is 1. The van der Waals surface area contributed by atoms with Crippen molar-refractivity contribution in [3.63, 3.8) is 0 Å². The van der Waals surface area contributed by atoms with Gasteiger partial charge in [-0.25, -0.2) is 9.80 Å². The number of hydrogen-bond acceptors (Lipinski definition) is 6. The standard InChI is InChI=1S/C31H53N5O5/c1-21(2)16-17-36(35-30(40)34-31(5,6)7)20-26(37)25-19-23-12-14-24(15-13-23)41-18-10-8-9-11-27(38)33-28(22(3)4)29(39)32-25/h12-15,21-22,25-26,28,37H,8-11,16-20H2,1-7H3,(H,32,39)(H,33,38)(H2,34,35,40)/t25-,26+,28-/m0/s1. The van der Waals surface area contributed by atoms with Crippen LogP contribution in [0.15, 0.2) is 24.3 Å². The van der Waals surface area contributed by atoms with E-state index in [2.05, 4.69) is 35.2 Å². The van der Waals surface area contributed by atoms with E-state index in [1.165, 1.54) is 0 Å². The quantitative estimate of drug-likeness (QED) is 0.302. The Hall–Kier alpha value is -2.85. The average Bonchev–Trinajstić information content (AvgIpc) is 2.86. The molecule has 2 heterocycles. The molecule has 0 aliphatic carbocycles. The van der Waals surface area contributed by atoms with E-state index in [0.29, 0.717) is 38.3 Å². The number of fused-ring (bicyclic) bond motifs is 14. The van der Waals surface area contributed by atoms with Crippen molar-refractivity contribution < 1.29 is 24.2 Å². The number of carbonyl (C=O) groups is 3. The van der Waals surface area contributed by atoms with Gasteiger partial charge in [-0.15, -0.1) is 0 Å². The molecular formula is C31H53N5O5. The summed E-state index contributed by atoms with van der Waals surface area (Å²) >= 11 is 0. The van der Waals surface area contributed by atoms with Crippen molar-refractivity contribution in [2.75, 3.05) is 19.7 Å². The molecule has 0 spiro atoms. The normalized spacial score (nSPS) is 20.3. The van der Waals surface area contributed by atoms with Gasteiger partial charge in [0.15, 0.2) is 0 Å². The minimum atomic E-state index is -1.01. The second kappa shape index (κ2) is 16.6. The number of amides is 4. The molecule has 10 nitrogen and oxygen atoms in total. The first-order valence-electron chi connectivity index (χ1n) is 15.1. The summed E-state index contributed by atoms with van der Waals surface area (Å²) in [5.74, 6) is 0.503. The van der Waals surface area contributed by atoms with Crippen LogP contribution in [0, 0.1) is 11.8 Å². The molecule has 3 rings (SSSR count). The summed E-state index contributed by atoms with van der Waals surface area (Å²) in [5, 5.41) is 22.0. The predicted octanol–water partition coefficient (Wildman–Crippen LogP) is 3.53. The Morgan fingerprint density at radius 1 is 1.07 bits per heavy atom. The van der Waals surface area contributed by atoms with Gasteiger partial charge in [0, 0.05) is 25.0 Å². The van der Waals surface area contributed by atoms with Crippen LogP contribution < -0.4 is 26.1 Å². The largest absolute Gasteiger partial charge is 0.494 e. The Bertz CT molecular complexity index is 961. The van der Waals surface area contributed by atoms with Gasteiger partial charge in [0.2, 0.25) is 11.8 Å². The van der Waals surface area contributed by atoms with Crippen molar-refractivity contribution in [2.24, 2.45) is 11.8 Å². The highest BCUT2D eigenvalue weighted by molar-refractivity contribution is 5.88. The zero-order valence-electron chi connectivity index (χ0n) is 26.1. The molecule has 0 fully saturated rings. The number of hydrogen-bond donors (Lipinski definition) is 5. The van der Waals surface area contributed by atoms with Crippen LogP contribution in [0.4, 0.5) is 4.79 Å². The highest BCUT2D eigenvalue weighted by Crippen LogP contribution is 2.17. The summed E-state index contributed by atoms with van der Waals surface area (Å²) in [4.78, 5) is 38.8. The second-order valence-corrected chi connectivity index (χ2v) is 12.9. The lowest BCUT2D eigenvalue weighted by Gasteiger charge is -2.33. The highest BCUT2D eigenvalue weighted by atomic mass is 16.5. The van der Waals surface area contributed by atoms with Gasteiger partial charge in [-0.1, -0.05) is 39.8 Å². The maximum Gasteiger partial charge on any atom is 0.329 e. The first-order valence-corrected chi connectivity index (χ1v) is 15.1. The fraction of sp³-hybridized carbons (Fsp3) is 0.710. The zero-order chi connectivity index (χ0) is 30.6. The SMILES string of the molecule is CC(C)CCN(C[C@@H](O)[C@@H]1Cc2ccc(cc2)OCCCCCC(=O)N[C@@H](C(C)C)C(=O)N1)NC(=O)NC(C)(C)C. The lowest BCUT2D eigenvalue weighted by atomic mass is 9.98. The molecule has 10 heteroatoms. The molecule has 1 aromatic carbocycles. The van der Waals surface area contributed by atoms with Crippen molar-refractivity contribution in [3.8, 4) is 5.75 Å². The van der Waals surface area contributed by atoms with Crippen molar-refractivity contribution in [2.45, 2.75) is 111 Å². The van der Waals surface area contributed by atoms with E-state index >= 15 is 0 Å². The van der Waals surface area contributed by atoms with Gasteiger partial charge >= 0.3 is 6.03 Å². The molecule has 2 aliphatic heterocycles. The molecule has 2 aliphatic rings. The fourth-order valence-corrected chi connectivity index (χ4v) is 4.54. The van der Waals surface area contributed by atoms with Gasteiger partial charge < -0.3 is 25.8 Å². The number of rotatable bonds is 8. The van der Waals surface area contributed by atoms with Crippen molar-refractivity contribution in [3.05, 3.63) is 29.8 Å². The number of aliphatic hydroxyl groups excluding tert-OH is 1. The fourth-order valence-electron chi connectivity index (χ4n) is 4.54. The summed E-state index contributed by atoms with van der Waals surface area (Å²) in [6, 6.07) is 5.91. The van der Waals surface area contributed by atoms with Crippen LogP contribution in [0.2, 0.25) is 0 Å². The van der Waals surface area contributed by atoms with Crippen LogP contribution in [0.5, 0.6) is 5.75 Å². The van der Waals surface area contributed by atoms with Gasteiger partial charge in [-0.05, 0) is 82.4 Å². The number of benzene rings is 1. The van der Waals surface area contributed by atoms with E-state index in [1.54, 1.807) is 5.01 Å². The van der Waals surface area contributed by atoms with Crippen LogP contribution in [-0.4, -0.2) is 71.4 Å². The number of carbonyl (C=O) groups excluding carboxylic acids is 3. The molecule has 0 saturated heterocycles. The first-order chi connectivity index (χ1) is 19.2. The van der Waals surface area contributed by atoms with E-state index in [-0.39, 0.29) is 30.3 Å². The number of nitrogens with one attached hydrogen (secondary N) is 4. The smallest absolute Gasteiger partial charge is 0.329 e. The molecule has 1 aromatic rings. The van der Waals surface area contributed by atoms with Crippen molar-refractivity contribution in [1.29, 1.82) is 0 Å². The molecule has 5 N–H and O–H groups in total. The van der Waals surface area contributed by atoms with Crippen molar-refractivity contribution >= 4 is 17.8 Å². The average molecular weight is 576 g/mol. The van der Waals surface area contributed by atoms with Gasteiger partial charge in [-0.3, -0.25) is 15.0 Å². The minimum Gasteiger partial charge on any atom is -0.494 e. The summed E-state index contributed by atoms with van der Waals surface area (Å²) in [6.45, 7) is 14.9. The van der Waals surface area contributed by atoms with Crippen LogP contribution in [-0.2, 0) is 16.0 Å².